The van der Waals surface area contributed by atoms with E-state index in [0.717, 1.165) is 11.9 Å². The van der Waals surface area contributed by atoms with Crippen molar-refractivity contribution in [3.8, 4) is 0 Å². The summed E-state index contributed by atoms with van der Waals surface area (Å²) in [7, 11) is 0. The third-order valence-corrected chi connectivity index (χ3v) is 3.88. The first kappa shape index (κ1) is 17.1. The molecule has 0 aliphatic carbocycles. The summed E-state index contributed by atoms with van der Waals surface area (Å²) in [6, 6.07) is 15.4. The van der Waals surface area contributed by atoms with E-state index in [9.17, 15) is 14.4 Å². The first-order valence-electron chi connectivity index (χ1n) is 9.57. The molecule has 146 valence electrons. The number of carbonyl (C=O) groups excluding carboxylic acids is 2. The molecule has 0 atom stereocenters. The Labute approximate surface area is 169 Å². The monoisotopic (exact) mass is 392 g/mol. The van der Waals surface area contributed by atoms with E-state index in [2.05, 4.69) is 20.6 Å². The number of carboxylic acid groups (broad SMARTS) is 1. The largest absolute Gasteiger partial charge is 0.478 e. The highest BCUT2D eigenvalue weighted by Gasteiger charge is 2.13. The number of hydrogen-bond acceptors (Lipinski definition) is 5. The first-order valence-corrected chi connectivity index (χ1v) is 8.57. The second kappa shape index (κ2) is 9.23. The number of carboxylic acids is 1. The minimum Gasteiger partial charge on any atom is -0.478 e. The van der Waals surface area contributed by atoms with Crippen LogP contribution >= 0.6 is 0 Å². The summed E-state index contributed by atoms with van der Waals surface area (Å²) in [5.74, 6) is -2.51. The highest BCUT2D eigenvalue weighted by atomic mass is 16.4. The Balaban J connectivity index is 1.68. The molecule has 0 bridgehead atoms. The Morgan fingerprint density at radius 2 is 1.48 bits per heavy atom. The molecule has 0 unspecified atom stereocenters. The van der Waals surface area contributed by atoms with Gasteiger partial charge in [-0.3, -0.25) is 9.59 Å². The van der Waals surface area contributed by atoms with Crippen LogP contribution in [0.15, 0.2) is 67.0 Å². The third-order valence-electron chi connectivity index (χ3n) is 3.88. The van der Waals surface area contributed by atoms with Gasteiger partial charge in [0.25, 0.3) is 11.8 Å². The molecular formula is C21H18N4O4. The Morgan fingerprint density at radius 1 is 0.862 bits per heavy atom. The predicted octanol–water partition coefficient (Wildman–Crippen LogP) is 2.03. The molecule has 3 rings (SSSR count). The molecule has 0 fully saturated rings. The van der Waals surface area contributed by atoms with Crippen molar-refractivity contribution in [2.45, 2.75) is 13.0 Å². The summed E-state index contributed by atoms with van der Waals surface area (Å²) < 4.78 is 16.2. The highest BCUT2D eigenvalue weighted by molar-refractivity contribution is 5.97. The summed E-state index contributed by atoms with van der Waals surface area (Å²) in [5.41, 5.74) is 0.715. The van der Waals surface area contributed by atoms with Gasteiger partial charge in [0.2, 0.25) is 0 Å². The van der Waals surface area contributed by atoms with Gasteiger partial charge in [-0.1, -0.05) is 42.5 Å². The molecule has 1 heterocycles. The number of nitrogens with zero attached hydrogens (tertiary/aromatic N) is 2. The third kappa shape index (κ3) is 5.46. The van der Waals surface area contributed by atoms with Crippen LogP contribution in [0.25, 0.3) is 0 Å². The van der Waals surface area contributed by atoms with Crippen molar-refractivity contribution in [1.82, 2.24) is 20.6 Å². The van der Waals surface area contributed by atoms with Gasteiger partial charge in [0, 0.05) is 19.1 Å². The van der Waals surface area contributed by atoms with Gasteiger partial charge in [0.15, 0.2) is 0 Å². The topological polar surface area (TPSA) is 121 Å². The Morgan fingerprint density at radius 3 is 2.10 bits per heavy atom. The standard InChI is InChI=1S/C21H18N4O4/c26-19(22-11-14-4-2-1-3-5-14)17-10-18(25-13-24-17)20(27)23-12-15-6-8-16(9-7-15)21(28)29/h1-10,13H,11-12H2,(H,22,26)(H,23,27)(H,28,29)/i12D2. The lowest BCUT2D eigenvalue weighted by Gasteiger charge is -2.07. The summed E-state index contributed by atoms with van der Waals surface area (Å²) >= 11 is 0. The Kier molecular flexibility index (Phi) is 5.43. The van der Waals surface area contributed by atoms with Crippen LogP contribution in [0.5, 0.6) is 0 Å². The minimum absolute atomic E-state index is 0.00664. The van der Waals surface area contributed by atoms with Gasteiger partial charge in [0.1, 0.15) is 17.7 Å². The number of benzene rings is 2. The highest BCUT2D eigenvalue weighted by Crippen LogP contribution is 2.05. The van der Waals surface area contributed by atoms with Crippen molar-refractivity contribution in [2.75, 3.05) is 0 Å². The molecule has 8 heteroatoms. The average molecular weight is 392 g/mol. The average Bonchev–Trinajstić information content (AvgIpc) is 2.78. The maximum absolute atomic E-state index is 12.5. The van der Waals surface area contributed by atoms with E-state index in [1.807, 2.05) is 30.3 Å². The smallest absolute Gasteiger partial charge is 0.335 e. The molecule has 8 nitrogen and oxygen atoms in total. The maximum atomic E-state index is 12.5. The lowest BCUT2D eigenvalue weighted by atomic mass is 10.1. The molecule has 2 aromatic carbocycles. The zero-order valence-corrected chi connectivity index (χ0v) is 15.1. The van der Waals surface area contributed by atoms with Crippen molar-refractivity contribution in [1.29, 1.82) is 0 Å². The van der Waals surface area contributed by atoms with Crippen LogP contribution in [0.1, 0.15) is 45.2 Å². The zero-order valence-electron chi connectivity index (χ0n) is 17.1. The van der Waals surface area contributed by atoms with E-state index in [0.29, 0.717) is 0 Å². The van der Waals surface area contributed by atoms with Gasteiger partial charge < -0.3 is 15.7 Å². The fraction of sp³-hybridized carbons (Fsp3) is 0.0952. The molecule has 0 spiro atoms. The molecular weight excluding hydrogens is 372 g/mol. The minimum atomic E-state index is -2.30. The Hall–Kier alpha value is -4.07. The van der Waals surface area contributed by atoms with E-state index in [-0.39, 0.29) is 29.1 Å². The molecule has 2 amide bonds. The number of carbonyl (C=O) groups is 3. The van der Waals surface area contributed by atoms with Gasteiger partial charge in [-0.2, -0.15) is 0 Å². The van der Waals surface area contributed by atoms with Crippen molar-refractivity contribution < 1.29 is 22.2 Å². The number of nitrogens with one attached hydrogen (secondary N) is 2. The summed E-state index contributed by atoms with van der Waals surface area (Å²) in [6.07, 6.45) is 1.05. The van der Waals surface area contributed by atoms with Crippen LogP contribution in [-0.4, -0.2) is 32.9 Å². The molecule has 0 radical (unpaired) electrons. The van der Waals surface area contributed by atoms with Gasteiger partial charge in [0.05, 0.1) is 8.30 Å². The van der Waals surface area contributed by atoms with Crippen LogP contribution in [0.4, 0.5) is 0 Å². The summed E-state index contributed by atoms with van der Waals surface area (Å²) in [6.45, 7) is -2.02. The number of rotatable bonds is 7. The van der Waals surface area contributed by atoms with Crippen molar-refractivity contribution in [3.05, 3.63) is 95.1 Å². The maximum Gasteiger partial charge on any atom is 0.335 e. The SMILES string of the molecule is [2H]C([2H])(NC(=O)c1cc(C(=O)NCc2ccccc2)ncn1)c1ccc(C(=O)O)cc1. The first-order chi connectivity index (χ1) is 14.8. The molecule has 3 N–H and O–H groups in total. The van der Waals surface area contributed by atoms with E-state index in [4.69, 9.17) is 7.85 Å². The van der Waals surface area contributed by atoms with E-state index >= 15 is 0 Å². The van der Waals surface area contributed by atoms with Crippen molar-refractivity contribution >= 4 is 17.8 Å². The molecule has 0 saturated carbocycles. The molecule has 29 heavy (non-hydrogen) atoms. The molecule has 3 aromatic rings. The van der Waals surface area contributed by atoms with Gasteiger partial charge in [-0.25, -0.2) is 14.8 Å². The van der Waals surface area contributed by atoms with Gasteiger partial charge in [-0.15, -0.1) is 0 Å². The van der Waals surface area contributed by atoms with Crippen LogP contribution in [0.3, 0.4) is 0 Å². The van der Waals surface area contributed by atoms with E-state index in [1.54, 1.807) is 0 Å². The van der Waals surface area contributed by atoms with E-state index in [1.165, 1.54) is 30.3 Å². The van der Waals surface area contributed by atoms with Crippen LogP contribution in [-0.2, 0) is 13.0 Å². The number of aromatic carboxylic acids is 1. The second-order valence-corrected chi connectivity index (χ2v) is 5.92. The Bertz CT molecular complexity index is 1110. The molecule has 1 aromatic heterocycles. The molecule has 0 aliphatic heterocycles. The van der Waals surface area contributed by atoms with Crippen molar-refractivity contribution in [3.63, 3.8) is 0 Å². The van der Waals surface area contributed by atoms with Crippen LogP contribution in [0.2, 0.25) is 0 Å². The lowest BCUT2D eigenvalue weighted by Crippen LogP contribution is -2.27. The summed E-state index contributed by atoms with van der Waals surface area (Å²) in [4.78, 5) is 43.4. The van der Waals surface area contributed by atoms with Crippen molar-refractivity contribution in [2.24, 2.45) is 0 Å². The van der Waals surface area contributed by atoms with E-state index < -0.39 is 24.3 Å². The summed E-state index contributed by atoms with van der Waals surface area (Å²) in [5, 5.41) is 13.8. The van der Waals surface area contributed by atoms with Gasteiger partial charge in [-0.05, 0) is 23.3 Å². The normalized spacial score (nSPS) is 11.7. The van der Waals surface area contributed by atoms with Crippen LogP contribution < -0.4 is 10.6 Å². The molecule has 0 aliphatic rings. The number of hydrogen-bond donors (Lipinski definition) is 3. The van der Waals surface area contributed by atoms with Gasteiger partial charge >= 0.3 is 5.97 Å². The zero-order chi connectivity index (χ0) is 22.4. The predicted molar refractivity (Wildman–Crippen MR) is 104 cm³/mol. The fourth-order valence-electron chi connectivity index (χ4n) is 2.36. The molecule has 0 saturated heterocycles. The number of aromatic nitrogens is 2. The quantitative estimate of drug-likeness (QED) is 0.566. The fourth-order valence-corrected chi connectivity index (χ4v) is 2.36. The number of amides is 2. The lowest BCUT2D eigenvalue weighted by molar-refractivity contribution is 0.0696. The second-order valence-electron chi connectivity index (χ2n) is 5.92. The van der Waals surface area contributed by atoms with Crippen LogP contribution in [0, 0.1) is 0 Å².